The van der Waals surface area contributed by atoms with E-state index >= 15 is 0 Å². The maximum Gasteiger partial charge on any atom is 0.323 e. The molecule has 2 heterocycles. The fourth-order valence-electron chi connectivity index (χ4n) is 2.32. The normalized spacial score (nSPS) is 15.9. The van der Waals surface area contributed by atoms with Gasteiger partial charge in [-0.15, -0.1) is 0 Å². The number of thiocarbonyl (C=S) groups is 1. The van der Waals surface area contributed by atoms with Gasteiger partial charge in [0.2, 0.25) is 0 Å². The fourth-order valence-corrected chi connectivity index (χ4v) is 3.79. The van der Waals surface area contributed by atoms with E-state index in [9.17, 15) is 9.59 Å². The number of hydrogen-bond donors (Lipinski definition) is 2. The van der Waals surface area contributed by atoms with Crippen molar-refractivity contribution < 1.29 is 24.2 Å². The van der Waals surface area contributed by atoms with Crippen molar-refractivity contribution in [2.24, 2.45) is 0 Å². The molecule has 3 rings (SSSR count). The molecule has 9 heteroatoms. The van der Waals surface area contributed by atoms with Gasteiger partial charge in [-0.05, 0) is 23.8 Å². The first-order valence-corrected chi connectivity index (χ1v) is 8.96. The number of rotatable bonds is 5. The average molecular weight is 410 g/mol. The van der Waals surface area contributed by atoms with Crippen LogP contribution in [-0.2, 0) is 16.2 Å². The van der Waals surface area contributed by atoms with Crippen LogP contribution in [0.1, 0.15) is 11.3 Å². The number of benzene rings is 1. The molecular formula is C17H12ClNO5S2. The number of carboxylic acids is 1. The Balaban J connectivity index is 1.83. The van der Waals surface area contributed by atoms with E-state index in [1.807, 2.05) is 0 Å². The van der Waals surface area contributed by atoms with Gasteiger partial charge in [0.1, 0.15) is 22.4 Å². The largest absolute Gasteiger partial charge is 0.480 e. The first-order valence-electron chi connectivity index (χ1n) is 7.35. The number of amides is 1. The maximum absolute atomic E-state index is 12.3. The fraction of sp³-hybridized carbons (Fsp3) is 0.118. The van der Waals surface area contributed by atoms with E-state index in [0.29, 0.717) is 27.0 Å². The Hall–Kier alpha value is -2.13. The van der Waals surface area contributed by atoms with Crippen LogP contribution in [0.15, 0.2) is 39.7 Å². The highest BCUT2D eigenvalue weighted by atomic mass is 35.5. The molecule has 26 heavy (non-hydrogen) atoms. The molecule has 1 aromatic carbocycles. The minimum Gasteiger partial charge on any atom is -0.480 e. The van der Waals surface area contributed by atoms with Crippen LogP contribution < -0.4 is 0 Å². The van der Waals surface area contributed by atoms with Crippen LogP contribution in [0.3, 0.4) is 0 Å². The highest BCUT2D eigenvalue weighted by molar-refractivity contribution is 8.26. The van der Waals surface area contributed by atoms with Crippen LogP contribution in [0, 0.1) is 0 Å². The standard InChI is InChI=1S/C17H12ClNO5S2/c18-12-5-9(1-2-10(12)8-20)13-4-3-11(24-13)6-14-16(23)19(7-15(21)22)17(25)26-14/h1-6,20H,7-8H2,(H,21,22)/b14-6-. The van der Waals surface area contributed by atoms with Gasteiger partial charge in [-0.2, -0.15) is 0 Å². The summed E-state index contributed by atoms with van der Waals surface area (Å²) in [7, 11) is 0. The van der Waals surface area contributed by atoms with E-state index in [2.05, 4.69) is 0 Å². The summed E-state index contributed by atoms with van der Waals surface area (Å²) < 4.78 is 5.91. The zero-order valence-corrected chi connectivity index (χ0v) is 15.5. The molecule has 0 radical (unpaired) electrons. The topological polar surface area (TPSA) is 91.0 Å². The van der Waals surface area contributed by atoms with Gasteiger partial charge in [-0.25, -0.2) is 0 Å². The lowest BCUT2D eigenvalue weighted by Gasteiger charge is -2.09. The zero-order valence-electron chi connectivity index (χ0n) is 13.1. The maximum atomic E-state index is 12.3. The van der Waals surface area contributed by atoms with E-state index in [0.717, 1.165) is 22.2 Å². The number of aliphatic carboxylic acids is 1. The number of aliphatic hydroxyl groups excluding tert-OH is 1. The van der Waals surface area contributed by atoms with Gasteiger partial charge in [0.05, 0.1) is 11.5 Å². The number of aliphatic hydroxyl groups is 1. The second-order valence-corrected chi connectivity index (χ2v) is 7.41. The summed E-state index contributed by atoms with van der Waals surface area (Å²) >= 11 is 12.2. The molecular weight excluding hydrogens is 398 g/mol. The molecule has 0 spiro atoms. The van der Waals surface area contributed by atoms with Crippen molar-refractivity contribution in [2.75, 3.05) is 6.54 Å². The minimum atomic E-state index is -1.13. The molecule has 134 valence electrons. The van der Waals surface area contributed by atoms with Crippen molar-refractivity contribution in [2.45, 2.75) is 6.61 Å². The molecule has 1 aliphatic heterocycles. The second kappa shape index (κ2) is 7.63. The molecule has 1 fully saturated rings. The summed E-state index contributed by atoms with van der Waals surface area (Å²) in [6, 6.07) is 8.58. The third-order valence-corrected chi connectivity index (χ3v) is 5.30. The van der Waals surface area contributed by atoms with Gasteiger partial charge in [-0.3, -0.25) is 14.5 Å². The number of halogens is 1. The number of thioether (sulfide) groups is 1. The second-order valence-electron chi connectivity index (χ2n) is 5.33. The molecule has 1 amide bonds. The Morgan fingerprint density at radius 2 is 2.12 bits per heavy atom. The van der Waals surface area contributed by atoms with Crippen LogP contribution in [0.5, 0.6) is 0 Å². The number of carbonyl (C=O) groups excluding carboxylic acids is 1. The van der Waals surface area contributed by atoms with Gasteiger partial charge in [0, 0.05) is 16.7 Å². The first-order chi connectivity index (χ1) is 12.4. The molecule has 0 atom stereocenters. The predicted octanol–water partition coefficient (Wildman–Crippen LogP) is 3.38. The minimum absolute atomic E-state index is 0.152. The van der Waals surface area contributed by atoms with Crippen LogP contribution in [0.2, 0.25) is 5.02 Å². The van der Waals surface area contributed by atoms with Crippen molar-refractivity contribution in [3.63, 3.8) is 0 Å². The highest BCUT2D eigenvalue weighted by Crippen LogP contribution is 2.34. The summed E-state index contributed by atoms with van der Waals surface area (Å²) in [5.74, 6) is -0.622. The molecule has 1 aromatic heterocycles. The lowest BCUT2D eigenvalue weighted by molar-refractivity contribution is -0.140. The highest BCUT2D eigenvalue weighted by Gasteiger charge is 2.33. The third kappa shape index (κ3) is 3.83. The van der Waals surface area contributed by atoms with Gasteiger partial charge in [-0.1, -0.05) is 47.7 Å². The van der Waals surface area contributed by atoms with E-state index in [1.165, 1.54) is 6.08 Å². The Morgan fingerprint density at radius 3 is 2.77 bits per heavy atom. The van der Waals surface area contributed by atoms with Crippen molar-refractivity contribution >= 4 is 57.9 Å². The van der Waals surface area contributed by atoms with Crippen molar-refractivity contribution in [1.29, 1.82) is 0 Å². The lowest BCUT2D eigenvalue weighted by Crippen LogP contribution is -2.33. The van der Waals surface area contributed by atoms with Gasteiger partial charge < -0.3 is 14.6 Å². The molecule has 0 unspecified atom stereocenters. The summed E-state index contributed by atoms with van der Waals surface area (Å²) in [6.07, 6.45) is 1.52. The number of carbonyl (C=O) groups is 2. The van der Waals surface area contributed by atoms with E-state index in [1.54, 1.807) is 30.3 Å². The molecule has 6 nitrogen and oxygen atoms in total. The Labute approximate surface area is 163 Å². The smallest absolute Gasteiger partial charge is 0.323 e. The summed E-state index contributed by atoms with van der Waals surface area (Å²) in [5, 5.41) is 18.4. The molecule has 0 aliphatic carbocycles. The van der Waals surface area contributed by atoms with Gasteiger partial charge >= 0.3 is 5.97 Å². The van der Waals surface area contributed by atoms with Crippen molar-refractivity contribution in [3.05, 3.63) is 51.6 Å². The molecule has 2 N–H and O–H groups in total. The number of carboxylic acid groups (broad SMARTS) is 1. The molecule has 0 bridgehead atoms. The number of hydrogen-bond acceptors (Lipinski definition) is 6. The van der Waals surface area contributed by atoms with Crippen LogP contribution in [-0.4, -0.2) is 37.9 Å². The summed E-state index contributed by atoms with van der Waals surface area (Å²) in [6.45, 7) is -0.623. The molecule has 1 saturated heterocycles. The van der Waals surface area contributed by atoms with Crippen LogP contribution >= 0.6 is 35.6 Å². The van der Waals surface area contributed by atoms with E-state index < -0.39 is 18.4 Å². The van der Waals surface area contributed by atoms with E-state index in [4.69, 9.17) is 38.4 Å². The summed E-state index contributed by atoms with van der Waals surface area (Å²) in [4.78, 5) is 24.4. The van der Waals surface area contributed by atoms with Crippen molar-refractivity contribution in [3.8, 4) is 11.3 Å². The average Bonchev–Trinajstić information content (AvgIpc) is 3.15. The molecule has 0 saturated carbocycles. The number of nitrogens with zero attached hydrogens (tertiary/aromatic N) is 1. The molecule has 1 aliphatic rings. The predicted molar refractivity (Wildman–Crippen MR) is 103 cm³/mol. The Kier molecular flexibility index (Phi) is 5.47. The monoisotopic (exact) mass is 409 g/mol. The van der Waals surface area contributed by atoms with Crippen molar-refractivity contribution in [1.82, 2.24) is 4.90 Å². The van der Waals surface area contributed by atoms with Crippen LogP contribution in [0.4, 0.5) is 0 Å². The Bertz CT molecular complexity index is 937. The molecule has 2 aromatic rings. The third-order valence-electron chi connectivity index (χ3n) is 3.58. The quantitative estimate of drug-likeness (QED) is 0.577. The van der Waals surface area contributed by atoms with Crippen LogP contribution in [0.25, 0.3) is 17.4 Å². The summed E-state index contributed by atoms with van der Waals surface area (Å²) in [5.41, 5.74) is 1.34. The Morgan fingerprint density at radius 1 is 1.35 bits per heavy atom. The lowest BCUT2D eigenvalue weighted by atomic mass is 10.1. The SMILES string of the molecule is O=C(O)CN1C(=O)/C(=C/c2ccc(-c3ccc(CO)c(Cl)c3)o2)SC1=S. The zero-order chi connectivity index (χ0) is 18.8. The van der Waals surface area contributed by atoms with Gasteiger partial charge in [0.25, 0.3) is 5.91 Å². The van der Waals surface area contributed by atoms with E-state index in [-0.39, 0.29) is 10.9 Å². The van der Waals surface area contributed by atoms with Gasteiger partial charge in [0.15, 0.2) is 0 Å². The number of furan rings is 1. The first kappa shape index (κ1) is 18.7.